The first-order valence-electron chi connectivity index (χ1n) is 22.5. The Kier molecular flexibility index (Phi) is 30.6. The monoisotopic (exact) mass is 767 g/mol. The Morgan fingerprint density at radius 1 is 0.415 bits per heavy atom. The fourth-order valence-electron chi connectivity index (χ4n) is 7.04. The van der Waals surface area contributed by atoms with Gasteiger partial charge in [-0.05, 0) is 123 Å². The van der Waals surface area contributed by atoms with Crippen LogP contribution >= 0.6 is 0 Å². The molecule has 0 heterocycles. The Hall–Kier alpha value is -2.17. The third kappa shape index (κ3) is 23.4. The summed E-state index contributed by atoms with van der Waals surface area (Å²) in [6.45, 7) is 13.8. The van der Waals surface area contributed by atoms with Crippen LogP contribution in [-0.4, -0.2) is 11.4 Å². The average molecular weight is 768 g/mol. The Bertz CT molecular complexity index is 1270. The molecule has 0 saturated heterocycles. The van der Waals surface area contributed by atoms with E-state index in [2.05, 4.69) is 89.8 Å². The quantitative estimate of drug-likeness (QED) is 0.0327. The van der Waals surface area contributed by atoms with Crippen LogP contribution in [0.2, 0.25) is 0 Å². The molecule has 0 atom stereocenters. The molecule has 0 unspecified atom stereocenters. The second-order valence-electron chi connectivity index (χ2n) is 15.5. The zero-order chi connectivity index (χ0) is 37.5. The fourth-order valence-corrected chi connectivity index (χ4v) is 7.04. The first-order valence-corrected chi connectivity index (χ1v) is 22.5. The Morgan fingerprint density at radius 2 is 0.774 bits per heavy atom. The minimum Gasteiger partial charge on any atom is -0.250 e. The van der Waals surface area contributed by atoms with Gasteiger partial charge in [0.25, 0.3) is 0 Å². The fraction of sp³-hybridized carbons (Fsp3) is 0.680. The molecule has 0 fully saturated rings. The van der Waals surface area contributed by atoms with Gasteiger partial charge in [-0.25, -0.2) is 4.99 Å². The van der Waals surface area contributed by atoms with E-state index >= 15 is 0 Å². The average Bonchev–Trinajstić information content (AvgIpc) is 3.14. The van der Waals surface area contributed by atoms with Crippen molar-refractivity contribution in [1.82, 2.24) is 0 Å². The van der Waals surface area contributed by atoms with Crippen molar-refractivity contribution >= 4 is 22.8 Å². The molecule has 300 valence electrons. The Balaban J connectivity index is 0.0000140. The minimum absolute atomic E-state index is 0. The van der Waals surface area contributed by atoms with Crippen molar-refractivity contribution in [3.05, 3.63) is 58.7 Å². The molecule has 0 spiro atoms. The van der Waals surface area contributed by atoms with Crippen LogP contribution < -0.4 is 0 Å². The summed E-state index contributed by atoms with van der Waals surface area (Å²) in [4.78, 5) is 11.0. The third-order valence-electron chi connectivity index (χ3n) is 10.3. The normalized spacial score (nSPS) is 11.7. The number of nitrogens with zero attached hydrogens (tertiary/aromatic N) is 2. The molecule has 3 heteroatoms. The second kappa shape index (κ2) is 33.2. The van der Waals surface area contributed by atoms with Gasteiger partial charge >= 0.3 is 0 Å². The van der Waals surface area contributed by atoms with Crippen LogP contribution in [0.15, 0.2) is 46.4 Å². The van der Waals surface area contributed by atoms with E-state index in [9.17, 15) is 0 Å². The van der Waals surface area contributed by atoms with Gasteiger partial charge in [0.15, 0.2) is 0 Å². The van der Waals surface area contributed by atoms with Crippen LogP contribution in [0.25, 0.3) is 0 Å². The van der Waals surface area contributed by atoms with Crippen LogP contribution in [-0.2, 0) is 42.2 Å². The summed E-state index contributed by atoms with van der Waals surface area (Å²) in [5, 5.41) is 0. The van der Waals surface area contributed by atoms with Crippen LogP contribution in [0.5, 0.6) is 0 Å². The van der Waals surface area contributed by atoms with E-state index in [-0.39, 0.29) is 16.5 Å². The van der Waals surface area contributed by atoms with Crippen LogP contribution in [0.1, 0.15) is 218 Å². The number of hydrogen-bond donors (Lipinski definition) is 0. The summed E-state index contributed by atoms with van der Waals surface area (Å²) in [5.41, 5.74) is 9.89. The number of unbranched alkanes of at least 4 members (excludes halogenated alkanes) is 17. The topological polar surface area (TPSA) is 24.7 Å². The number of benzene rings is 2. The predicted octanol–water partition coefficient (Wildman–Crippen LogP) is 16.2. The Morgan fingerprint density at radius 3 is 1.21 bits per heavy atom. The first-order chi connectivity index (χ1) is 25.6. The van der Waals surface area contributed by atoms with Gasteiger partial charge in [0.2, 0.25) is 0 Å². The van der Waals surface area contributed by atoms with Gasteiger partial charge in [0.05, 0.1) is 17.1 Å². The maximum atomic E-state index is 5.53. The molecule has 0 saturated carbocycles. The zero-order valence-corrected chi connectivity index (χ0v) is 36.5. The van der Waals surface area contributed by atoms with Gasteiger partial charge < -0.3 is 0 Å². The van der Waals surface area contributed by atoms with Crippen molar-refractivity contribution in [2.45, 2.75) is 221 Å². The molecule has 53 heavy (non-hydrogen) atoms. The molecule has 0 N–H and O–H groups in total. The molecule has 0 amide bonds. The van der Waals surface area contributed by atoms with Gasteiger partial charge in [-0.1, -0.05) is 162 Å². The molecular formula is C50H80N2Ni. The molecule has 2 nitrogen and oxygen atoms in total. The molecule has 0 aromatic heterocycles. The molecule has 2 aromatic rings. The number of aryl methyl sites for hydroxylation is 4. The van der Waals surface area contributed by atoms with Crippen molar-refractivity contribution in [1.29, 1.82) is 0 Å². The van der Waals surface area contributed by atoms with Gasteiger partial charge in [0.1, 0.15) is 5.71 Å². The number of hydrogen-bond acceptors (Lipinski definition) is 2. The van der Waals surface area contributed by atoms with Gasteiger partial charge in [-0.2, -0.15) is 0 Å². The van der Waals surface area contributed by atoms with Crippen molar-refractivity contribution < 1.29 is 16.5 Å². The van der Waals surface area contributed by atoms with Crippen LogP contribution in [0.3, 0.4) is 0 Å². The summed E-state index contributed by atoms with van der Waals surface area (Å²) in [6.07, 6.45) is 34.1. The van der Waals surface area contributed by atoms with Crippen molar-refractivity contribution in [3.63, 3.8) is 0 Å². The summed E-state index contributed by atoms with van der Waals surface area (Å²) < 4.78 is 0. The van der Waals surface area contributed by atoms with E-state index in [1.807, 2.05) is 0 Å². The summed E-state index contributed by atoms with van der Waals surface area (Å²) in [7, 11) is 0. The summed E-state index contributed by atoms with van der Waals surface area (Å²) in [6, 6.07) is 14.4. The van der Waals surface area contributed by atoms with E-state index in [0.717, 1.165) is 67.7 Å². The maximum absolute atomic E-state index is 5.53. The Labute approximate surface area is 339 Å². The van der Waals surface area contributed by atoms with Crippen molar-refractivity contribution in [3.8, 4) is 11.8 Å². The van der Waals surface area contributed by atoms with Crippen LogP contribution in [0.4, 0.5) is 11.4 Å². The van der Waals surface area contributed by atoms with Gasteiger partial charge in [-0.15, -0.1) is 0 Å². The molecule has 2 rings (SSSR count). The largest absolute Gasteiger partial charge is 0.250 e. The van der Waals surface area contributed by atoms with E-state index in [4.69, 9.17) is 9.98 Å². The SMILES string of the molecule is CCCCCCCCC#CC(=Nc1cc(CCCCC)cc(CCCCC)c1)C(CCCCCC)=Nc1cc(CCCCC)cc(CCCCC)c1.[Ni]. The predicted molar refractivity (Wildman–Crippen MR) is 235 cm³/mol. The molecule has 0 aliphatic carbocycles. The third-order valence-corrected chi connectivity index (χ3v) is 10.3. The van der Waals surface area contributed by atoms with Gasteiger partial charge in [0, 0.05) is 22.9 Å². The van der Waals surface area contributed by atoms with E-state index in [1.165, 1.54) is 157 Å². The summed E-state index contributed by atoms with van der Waals surface area (Å²) >= 11 is 0. The standard InChI is InChI=1S/C50H80N2.Ni/c1-7-13-19-21-22-23-24-30-36-50(52-48-41-45(33-27-17-11-5)38-46(42-48)34-28-18-12-6)49(35-29-20-14-8-2)51-47-39-43(31-25-15-9-3)37-44(40-47)32-26-16-10-4;/h37-42H,7-29,31-35H2,1-6H3;. The molecular weight excluding hydrogens is 687 g/mol. The second-order valence-corrected chi connectivity index (χ2v) is 15.5. The minimum atomic E-state index is 0. The maximum Gasteiger partial charge on any atom is 0.135 e. The molecule has 0 aliphatic rings. The number of rotatable bonds is 30. The molecule has 0 aliphatic heterocycles. The van der Waals surface area contributed by atoms with E-state index in [0.29, 0.717) is 0 Å². The molecule has 0 bridgehead atoms. The number of aliphatic imine (C=N–C) groups is 2. The molecule has 2 aromatic carbocycles. The van der Waals surface area contributed by atoms with Crippen molar-refractivity contribution in [2.75, 3.05) is 0 Å². The van der Waals surface area contributed by atoms with Crippen LogP contribution in [0, 0.1) is 11.8 Å². The summed E-state index contributed by atoms with van der Waals surface area (Å²) in [5.74, 6) is 7.26. The van der Waals surface area contributed by atoms with Crippen molar-refractivity contribution in [2.24, 2.45) is 9.98 Å². The van der Waals surface area contributed by atoms with E-state index in [1.54, 1.807) is 0 Å². The van der Waals surface area contributed by atoms with E-state index < -0.39 is 0 Å². The smallest absolute Gasteiger partial charge is 0.135 e. The zero-order valence-electron chi connectivity index (χ0n) is 35.5. The molecule has 0 radical (unpaired) electrons. The first kappa shape index (κ1) is 48.9. The van der Waals surface area contributed by atoms with Gasteiger partial charge in [-0.3, -0.25) is 4.99 Å².